The molecule has 0 bridgehead atoms. The van der Waals surface area contributed by atoms with Crippen LogP contribution in [-0.4, -0.2) is 27.2 Å². The summed E-state index contributed by atoms with van der Waals surface area (Å²) in [5, 5.41) is 2.61. The van der Waals surface area contributed by atoms with Gasteiger partial charge in [-0.3, -0.25) is 0 Å². The second-order valence-corrected chi connectivity index (χ2v) is 14.0. The molecule has 54 heavy (non-hydrogen) atoms. The highest BCUT2D eigenvalue weighted by Gasteiger charge is 2.72. The Labute approximate surface area is 311 Å². The summed E-state index contributed by atoms with van der Waals surface area (Å²) in [6.07, 6.45) is -11.6. The molecular formula is C45H35BF6N2. The largest absolute Gasteiger partial charge is 0.411 e. The lowest BCUT2D eigenvalue weighted by Gasteiger charge is -2.39. The summed E-state index contributed by atoms with van der Waals surface area (Å²) in [6.45, 7) is 3.69. The smallest absolute Gasteiger partial charge is 0.344 e. The standard InChI is InChI=1S/C45H35BF6N2/c1-42(2,46)32-24-26-35(27-25-32)54(41-23-9-15-31-13-5-7-21-39(31)41)37-19-11-17-34(29-37)43(44(47,48)49,45(50,51)52)33-16-10-18-36(28-33)53(3)40-22-8-14-30-12-4-6-20-38(30)40/h4-29H,1-3H3. The number of anilines is 5. The number of halogens is 6. The maximum atomic E-state index is 15.7. The quantitative estimate of drug-likeness (QED) is 0.114. The van der Waals surface area contributed by atoms with E-state index in [4.69, 9.17) is 7.85 Å². The lowest BCUT2D eigenvalue weighted by molar-refractivity contribution is -0.288. The summed E-state index contributed by atoms with van der Waals surface area (Å²) in [5.74, 6) is 0. The zero-order valence-electron chi connectivity index (χ0n) is 29.8. The maximum Gasteiger partial charge on any atom is 0.411 e. The first-order valence-electron chi connectivity index (χ1n) is 17.3. The van der Waals surface area contributed by atoms with Gasteiger partial charge in [-0.15, -0.1) is 0 Å². The van der Waals surface area contributed by atoms with Gasteiger partial charge in [0.2, 0.25) is 5.41 Å². The topological polar surface area (TPSA) is 6.48 Å². The highest BCUT2D eigenvalue weighted by Crippen LogP contribution is 2.57. The van der Waals surface area contributed by atoms with Crippen molar-refractivity contribution in [2.75, 3.05) is 16.8 Å². The summed E-state index contributed by atoms with van der Waals surface area (Å²) in [6, 6.07) is 42.4. The monoisotopic (exact) mass is 728 g/mol. The highest BCUT2D eigenvalue weighted by atomic mass is 19.4. The van der Waals surface area contributed by atoms with Gasteiger partial charge in [0.15, 0.2) is 0 Å². The fourth-order valence-corrected chi connectivity index (χ4v) is 7.32. The minimum absolute atomic E-state index is 0.116. The third-order valence-corrected chi connectivity index (χ3v) is 10.1. The Morgan fingerprint density at radius 2 is 0.889 bits per heavy atom. The molecule has 0 saturated carbocycles. The first-order valence-corrected chi connectivity index (χ1v) is 17.3. The zero-order valence-corrected chi connectivity index (χ0v) is 29.8. The number of hydrogen-bond donors (Lipinski definition) is 0. The summed E-state index contributed by atoms with van der Waals surface area (Å²) in [5.41, 5.74) is -3.48. The maximum absolute atomic E-state index is 15.7. The molecule has 0 N–H and O–H groups in total. The van der Waals surface area contributed by atoms with Gasteiger partial charge in [-0.2, -0.15) is 26.3 Å². The van der Waals surface area contributed by atoms with Crippen LogP contribution in [0.15, 0.2) is 158 Å². The van der Waals surface area contributed by atoms with E-state index >= 15 is 26.3 Å². The third-order valence-electron chi connectivity index (χ3n) is 10.1. The van der Waals surface area contributed by atoms with Crippen LogP contribution in [0.25, 0.3) is 21.5 Å². The lowest BCUT2D eigenvalue weighted by atomic mass is 9.67. The van der Waals surface area contributed by atoms with Crippen LogP contribution < -0.4 is 9.80 Å². The molecule has 7 rings (SSSR count). The van der Waals surface area contributed by atoms with E-state index in [1.807, 2.05) is 86.6 Å². The van der Waals surface area contributed by atoms with E-state index in [0.717, 1.165) is 51.4 Å². The van der Waals surface area contributed by atoms with Crippen LogP contribution in [0.1, 0.15) is 30.5 Å². The molecule has 0 amide bonds. The Morgan fingerprint density at radius 1 is 0.444 bits per heavy atom. The Hall–Kier alpha value is -5.70. The van der Waals surface area contributed by atoms with Crippen LogP contribution in [0, 0.1) is 0 Å². The summed E-state index contributed by atoms with van der Waals surface area (Å²) < 4.78 is 94.1. The van der Waals surface area contributed by atoms with Gasteiger partial charge >= 0.3 is 12.4 Å². The van der Waals surface area contributed by atoms with Crippen molar-refractivity contribution >= 4 is 57.8 Å². The van der Waals surface area contributed by atoms with Crippen LogP contribution >= 0.6 is 0 Å². The normalized spacial score (nSPS) is 12.6. The van der Waals surface area contributed by atoms with E-state index in [-0.39, 0.29) is 11.4 Å². The van der Waals surface area contributed by atoms with Gasteiger partial charge in [0, 0.05) is 40.6 Å². The molecule has 0 aromatic heterocycles. The Balaban J connectivity index is 1.44. The van der Waals surface area contributed by atoms with Crippen molar-refractivity contribution in [3.8, 4) is 0 Å². The van der Waals surface area contributed by atoms with E-state index in [9.17, 15) is 0 Å². The Kier molecular flexibility index (Phi) is 9.24. The van der Waals surface area contributed by atoms with Crippen LogP contribution in [0.2, 0.25) is 0 Å². The molecule has 7 aromatic rings. The Morgan fingerprint density at radius 3 is 1.43 bits per heavy atom. The van der Waals surface area contributed by atoms with Gasteiger partial charge in [0.1, 0.15) is 0 Å². The molecule has 0 aliphatic rings. The lowest BCUT2D eigenvalue weighted by Crippen LogP contribution is -2.54. The molecule has 0 spiro atoms. The molecule has 2 nitrogen and oxygen atoms in total. The molecule has 270 valence electrons. The minimum atomic E-state index is -5.79. The number of alkyl halides is 6. The van der Waals surface area contributed by atoms with E-state index in [1.165, 1.54) is 24.3 Å². The molecule has 0 saturated heterocycles. The molecule has 2 radical (unpaired) electrons. The average molecular weight is 729 g/mol. The van der Waals surface area contributed by atoms with Crippen molar-refractivity contribution in [2.45, 2.75) is 36.9 Å². The number of hydrogen-bond acceptors (Lipinski definition) is 2. The highest BCUT2D eigenvalue weighted by molar-refractivity contribution is 6.15. The molecule has 0 heterocycles. The second kappa shape index (κ2) is 13.6. The minimum Gasteiger partial charge on any atom is -0.344 e. The van der Waals surface area contributed by atoms with E-state index < -0.39 is 34.2 Å². The van der Waals surface area contributed by atoms with Crippen LogP contribution in [0.5, 0.6) is 0 Å². The van der Waals surface area contributed by atoms with Crippen LogP contribution in [-0.2, 0) is 10.7 Å². The summed E-state index contributed by atoms with van der Waals surface area (Å²) in [7, 11) is 7.97. The molecular weight excluding hydrogens is 693 g/mol. The van der Waals surface area contributed by atoms with Crippen molar-refractivity contribution < 1.29 is 26.3 Å². The first kappa shape index (κ1) is 36.7. The van der Waals surface area contributed by atoms with E-state index in [2.05, 4.69) is 0 Å². The van der Waals surface area contributed by atoms with Crippen molar-refractivity contribution in [2.24, 2.45) is 0 Å². The molecule has 0 fully saturated rings. The van der Waals surface area contributed by atoms with Gasteiger partial charge in [0.25, 0.3) is 0 Å². The second-order valence-electron chi connectivity index (χ2n) is 14.0. The van der Waals surface area contributed by atoms with Crippen molar-refractivity contribution in [3.63, 3.8) is 0 Å². The van der Waals surface area contributed by atoms with Crippen LogP contribution in [0.3, 0.4) is 0 Å². The molecule has 0 unspecified atom stereocenters. The molecule has 9 heteroatoms. The molecule has 0 aliphatic heterocycles. The van der Waals surface area contributed by atoms with E-state index in [0.29, 0.717) is 17.1 Å². The third kappa shape index (κ3) is 6.35. The fraction of sp³-hybridized carbons (Fsp3) is 0.156. The van der Waals surface area contributed by atoms with Gasteiger partial charge in [0.05, 0.1) is 13.5 Å². The first-order chi connectivity index (χ1) is 25.6. The fourth-order valence-electron chi connectivity index (χ4n) is 7.32. The van der Waals surface area contributed by atoms with Gasteiger partial charge < -0.3 is 9.80 Å². The van der Waals surface area contributed by atoms with Crippen LogP contribution in [0.4, 0.5) is 54.8 Å². The van der Waals surface area contributed by atoms with Crippen molar-refractivity contribution in [1.82, 2.24) is 0 Å². The van der Waals surface area contributed by atoms with Crippen molar-refractivity contribution in [1.29, 1.82) is 0 Å². The predicted octanol–water partition coefficient (Wildman–Crippen LogP) is 13.0. The number of benzene rings is 7. The molecule has 0 aliphatic carbocycles. The Bertz CT molecular complexity index is 2420. The SMILES string of the molecule is [B]C(C)(C)c1ccc(N(c2cccc(C(c3cccc(N(C)c4cccc5ccccc45)c3)(C(F)(F)F)C(F)(F)F)c2)c2cccc3ccccc23)cc1. The van der Waals surface area contributed by atoms with Gasteiger partial charge in [-0.1, -0.05) is 129 Å². The summed E-state index contributed by atoms with van der Waals surface area (Å²) in [4.78, 5) is 3.29. The van der Waals surface area contributed by atoms with E-state index in [1.54, 1.807) is 53.2 Å². The van der Waals surface area contributed by atoms with Gasteiger partial charge in [-0.25, -0.2) is 0 Å². The number of nitrogens with zero attached hydrogens (tertiary/aromatic N) is 2. The summed E-state index contributed by atoms with van der Waals surface area (Å²) >= 11 is 0. The molecule has 7 aromatic carbocycles. The zero-order chi connectivity index (χ0) is 38.5. The number of fused-ring (bicyclic) bond motifs is 2. The number of rotatable bonds is 8. The predicted molar refractivity (Wildman–Crippen MR) is 209 cm³/mol. The molecule has 0 atom stereocenters. The average Bonchev–Trinajstić information content (AvgIpc) is 3.14. The van der Waals surface area contributed by atoms with Crippen molar-refractivity contribution in [3.05, 3.63) is 174 Å². The van der Waals surface area contributed by atoms with Gasteiger partial charge in [-0.05, 0) is 75.7 Å².